The lowest BCUT2D eigenvalue weighted by molar-refractivity contribution is -0.385. The minimum Gasteiger partial charge on any atom is -0.481 e. The van der Waals surface area contributed by atoms with E-state index in [2.05, 4.69) is 0 Å². The van der Waals surface area contributed by atoms with Gasteiger partial charge >= 0.3 is 5.97 Å². The van der Waals surface area contributed by atoms with Gasteiger partial charge in [0.25, 0.3) is 11.4 Å². The molecule has 0 aliphatic carbocycles. The van der Waals surface area contributed by atoms with Gasteiger partial charge in [-0.05, 0) is 18.2 Å². The molecule has 0 heterocycles. The van der Waals surface area contributed by atoms with Crippen molar-refractivity contribution in [1.82, 2.24) is 0 Å². The van der Waals surface area contributed by atoms with Gasteiger partial charge in [0.1, 0.15) is 11.5 Å². The molecule has 0 aliphatic rings. The number of hydrogen-bond acceptors (Lipinski definition) is 6. The van der Waals surface area contributed by atoms with Crippen molar-refractivity contribution in [2.24, 2.45) is 0 Å². The maximum atomic E-state index is 10.9. The van der Waals surface area contributed by atoms with Crippen LogP contribution >= 0.6 is 0 Å². The van der Waals surface area contributed by atoms with E-state index < -0.39 is 22.2 Å². The van der Waals surface area contributed by atoms with Gasteiger partial charge in [0.05, 0.1) is 16.3 Å². The van der Waals surface area contributed by atoms with Crippen LogP contribution in [-0.4, -0.2) is 20.9 Å². The van der Waals surface area contributed by atoms with Crippen LogP contribution in [0.2, 0.25) is 0 Å². The average molecular weight is 318 g/mol. The van der Waals surface area contributed by atoms with Gasteiger partial charge < -0.3 is 9.84 Å². The fourth-order valence-electron chi connectivity index (χ4n) is 1.84. The lowest BCUT2D eigenvalue weighted by Crippen LogP contribution is -2.03. The monoisotopic (exact) mass is 318 g/mol. The maximum absolute atomic E-state index is 10.9. The Morgan fingerprint density at radius 2 is 1.57 bits per heavy atom. The first kappa shape index (κ1) is 15.9. The van der Waals surface area contributed by atoms with E-state index in [0.717, 1.165) is 6.07 Å². The number of ether oxygens (including phenoxy) is 1. The molecule has 1 N–H and O–H groups in total. The molecule has 0 spiro atoms. The first-order valence-corrected chi connectivity index (χ1v) is 6.28. The smallest absolute Gasteiger partial charge is 0.307 e. The van der Waals surface area contributed by atoms with Crippen LogP contribution in [0, 0.1) is 20.2 Å². The van der Waals surface area contributed by atoms with Gasteiger partial charge in [-0.2, -0.15) is 0 Å². The molecule has 118 valence electrons. The van der Waals surface area contributed by atoms with Crippen LogP contribution in [-0.2, 0) is 11.2 Å². The number of carbonyl (C=O) groups is 1. The predicted octanol–water partition coefficient (Wildman–Crippen LogP) is 2.92. The standard InChI is InChI=1S/C14H10N2O7/c17-14(18)8-9-7-11(16(21)22)3-6-13(9)23-12-4-1-10(2-5-12)15(19)20/h1-7H,8H2,(H,17,18). The van der Waals surface area contributed by atoms with Gasteiger partial charge in [-0.1, -0.05) is 0 Å². The van der Waals surface area contributed by atoms with Crippen LogP contribution in [0.25, 0.3) is 0 Å². The van der Waals surface area contributed by atoms with E-state index in [1.807, 2.05) is 0 Å². The molecule has 2 rings (SSSR count). The van der Waals surface area contributed by atoms with Gasteiger partial charge in [0.15, 0.2) is 0 Å². The summed E-state index contributed by atoms with van der Waals surface area (Å²) in [6, 6.07) is 8.77. The molecule has 9 nitrogen and oxygen atoms in total. The Hall–Kier alpha value is -3.49. The molecule has 2 aromatic rings. The number of aliphatic carboxylic acids is 1. The fraction of sp³-hybridized carbons (Fsp3) is 0.0714. The van der Waals surface area contributed by atoms with Gasteiger partial charge in [0.2, 0.25) is 0 Å². The second-order valence-electron chi connectivity index (χ2n) is 4.47. The van der Waals surface area contributed by atoms with E-state index >= 15 is 0 Å². The second kappa shape index (κ2) is 6.52. The molecule has 2 aromatic carbocycles. The maximum Gasteiger partial charge on any atom is 0.307 e. The van der Waals surface area contributed by atoms with Gasteiger partial charge in [-0.3, -0.25) is 25.0 Å². The Balaban J connectivity index is 2.32. The van der Waals surface area contributed by atoms with Crippen molar-refractivity contribution in [3.05, 3.63) is 68.3 Å². The second-order valence-corrected chi connectivity index (χ2v) is 4.47. The van der Waals surface area contributed by atoms with Crippen LogP contribution in [0.1, 0.15) is 5.56 Å². The molecular formula is C14H10N2O7. The van der Waals surface area contributed by atoms with Gasteiger partial charge in [-0.25, -0.2) is 0 Å². The largest absolute Gasteiger partial charge is 0.481 e. The Morgan fingerprint density at radius 1 is 1.00 bits per heavy atom. The van der Waals surface area contributed by atoms with Crippen LogP contribution in [0.5, 0.6) is 11.5 Å². The van der Waals surface area contributed by atoms with Crippen LogP contribution in [0.15, 0.2) is 42.5 Å². The molecule has 0 atom stereocenters. The highest BCUT2D eigenvalue weighted by Crippen LogP contribution is 2.30. The molecule has 0 amide bonds. The highest BCUT2D eigenvalue weighted by molar-refractivity contribution is 5.72. The Kier molecular flexibility index (Phi) is 4.50. The van der Waals surface area contributed by atoms with Crippen LogP contribution < -0.4 is 4.74 Å². The zero-order valence-corrected chi connectivity index (χ0v) is 11.5. The number of non-ortho nitro benzene ring substituents is 2. The summed E-state index contributed by atoms with van der Waals surface area (Å²) < 4.78 is 5.47. The zero-order valence-electron chi connectivity index (χ0n) is 11.5. The molecule has 0 radical (unpaired) electrons. The molecule has 0 unspecified atom stereocenters. The van der Waals surface area contributed by atoms with E-state index in [9.17, 15) is 25.0 Å². The van der Waals surface area contributed by atoms with Crippen LogP contribution in [0.3, 0.4) is 0 Å². The number of nitrogens with zero attached hydrogens (tertiary/aromatic N) is 2. The number of carboxylic acids is 1. The molecule has 0 bridgehead atoms. The summed E-state index contributed by atoms with van der Waals surface area (Å²) in [7, 11) is 0. The first-order chi connectivity index (χ1) is 10.9. The predicted molar refractivity (Wildman–Crippen MR) is 77.6 cm³/mol. The average Bonchev–Trinajstić information content (AvgIpc) is 2.48. The van der Waals surface area contributed by atoms with E-state index in [4.69, 9.17) is 9.84 Å². The summed E-state index contributed by atoms with van der Waals surface area (Å²) in [5, 5.41) is 30.2. The Bertz CT molecular complexity index is 771. The Morgan fingerprint density at radius 3 is 2.09 bits per heavy atom. The van der Waals surface area contributed by atoms with Gasteiger partial charge in [0, 0.05) is 29.8 Å². The van der Waals surface area contributed by atoms with Crippen molar-refractivity contribution < 1.29 is 24.5 Å². The third-order valence-corrected chi connectivity index (χ3v) is 2.87. The third-order valence-electron chi connectivity index (χ3n) is 2.87. The van der Waals surface area contributed by atoms with Gasteiger partial charge in [-0.15, -0.1) is 0 Å². The van der Waals surface area contributed by atoms with Crippen LogP contribution in [0.4, 0.5) is 11.4 Å². The number of benzene rings is 2. The number of carboxylic acid groups (broad SMARTS) is 1. The summed E-state index contributed by atoms with van der Waals surface area (Å²) in [5.41, 5.74) is -0.242. The van der Waals surface area contributed by atoms with E-state index in [1.54, 1.807) is 0 Å². The van der Waals surface area contributed by atoms with Crippen molar-refractivity contribution in [3.63, 3.8) is 0 Å². The number of rotatable bonds is 6. The minimum absolute atomic E-state index is 0.119. The highest BCUT2D eigenvalue weighted by atomic mass is 16.6. The molecule has 0 aromatic heterocycles. The highest BCUT2D eigenvalue weighted by Gasteiger charge is 2.15. The van der Waals surface area contributed by atoms with E-state index in [1.165, 1.54) is 36.4 Å². The summed E-state index contributed by atoms with van der Waals surface area (Å²) in [6.45, 7) is 0. The number of nitro groups is 2. The normalized spacial score (nSPS) is 10.1. The summed E-state index contributed by atoms with van der Waals surface area (Å²) in [5.74, 6) is -0.790. The molecule has 9 heteroatoms. The van der Waals surface area contributed by atoms with Crippen molar-refractivity contribution in [2.45, 2.75) is 6.42 Å². The van der Waals surface area contributed by atoms with Crippen molar-refractivity contribution in [1.29, 1.82) is 0 Å². The molecule has 23 heavy (non-hydrogen) atoms. The summed E-state index contributed by atoms with van der Waals surface area (Å²) in [6.07, 6.45) is -0.454. The summed E-state index contributed by atoms with van der Waals surface area (Å²) in [4.78, 5) is 31.0. The van der Waals surface area contributed by atoms with Crippen molar-refractivity contribution >= 4 is 17.3 Å². The quantitative estimate of drug-likeness (QED) is 0.639. The fourth-order valence-corrected chi connectivity index (χ4v) is 1.84. The summed E-state index contributed by atoms with van der Waals surface area (Å²) >= 11 is 0. The molecule has 0 fully saturated rings. The molecule has 0 saturated heterocycles. The Labute approximate surface area is 129 Å². The zero-order chi connectivity index (χ0) is 17.0. The lowest BCUT2D eigenvalue weighted by Gasteiger charge is -2.09. The molecule has 0 saturated carbocycles. The SMILES string of the molecule is O=C(O)Cc1cc([N+](=O)[O-])ccc1Oc1ccc([N+](=O)[O-])cc1. The van der Waals surface area contributed by atoms with Crippen molar-refractivity contribution in [2.75, 3.05) is 0 Å². The molecule has 0 aliphatic heterocycles. The van der Waals surface area contributed by atoms with E-state index in [0.29, 0.717) is 0 Å². The number of hydrogen-bond donors (Lipinski definition) is 1. The van der Waals surface area contributed by atoms with Crippen molar-refractivity contribution in [3.8, 4) is 11.5 Å². The topological polar surface area (TPSA) is 133 Å². The van der Waals surface area contributed by atoms with E-state index in [-0.39, 0.29) is 28.4 Å². The minimum atomic E-state index is -1.17. The third kappa shape index (κ3) is 4.00. The number of nitro benzene ring substituents is 2. The molecular weight excluding hydrogens is 308 g/mol. The first-order valence-electron chi connectivity index (χ1n) is 6.28. The lowest BCUT2D eigenvalue weighted by atomic mass is 10.1.